The molecule has 0 aliphatic carbocycles. The molecule has 1 N–H and O–H groups in total. The molecule has 2 rings (SSSR count). The maximum Gasteiger partial charge on any atom is 0.0984 e. The molecule has 3 heteroatoms. The van der Waals surface area contributed by atoms with Crippen molar-refractivity contribution < 1.29 is 4.74 Å². The summed E-state index contributed by atoms with van der Waals surface area (Å²) >= 11 is 0. The number of nitrogens with zero attached hydrogens (tertiary/aromatic N) is 1. The molecule has 1 aromatic heterocycles. The largest absolute Gasteiger partial charge is 0.369 e. The SMILES string of the molecule is COCN(C)CCc1c(C)[nH]c2ccccc12. The maximum absolute atomic E-state index is 5.11. The van der Waals surface area contributed by atoms with Gasteiger partial charge in [0.25, 0.3) is 0 Å². The summed E-state index contributed by atoms with van der Waals surface area (Å²) in [6.45, 7) is 3.84. The number of likely N-dealkylation sites (N-methyl/N-ethyl adjacent to an activating group) is 1. The van der Waals surface area contributed by atoms with Crippen molar-refractivity contribution in [2.45, 2.75) is 13.3 Å². The second-order valence-corrected chi connectivity index (χ2v) is 4.52. The third-order valence-electron chi connectivity index (χ3n) is 3.12. The first-order valence-electron chi connectivity index (χ1n) is 5.96. The summed E-state index contributed by atoms with van der Waals surface area (Å²) in [6.07, 6.45) is 1.05. The van der Waals surface area contributed by atoms with E-state index in [-0.39, 0.29) is 0 Å². The molecule has 1 aromatic carbocycles. The van der Waals surface area contributed by atoms with Gasteiger partial charge in [-0.2, -0.15) is 0 Å². The summed E-state index contributed by atoms with van der Waals surface area (Å²) in [5.41, 5.74) is 3.93. The number of fused-ring (bicyclic) bond motifs is 1. The molecule has 0 atom stereocenters. The predicted octanol–water partition coefficient (Wildman–Crippen LogP) is 2.55. The molecule has 0 bridgehead atoms. The number of para-hydroxylation sites is 1. The highest BCUT2D eigenvalue weighted by molar-refractivity contribution is 5.84. The lowest BCUT2D eigenvalue weighted by molar-refractivity contribution is 0.0827. The molecule has 0 unspecified atom stereocenters. The van der Waals surface area contributed by atoms with Crippen LogP contribution in [0.15, 0.2) is 24.3 Å². The lowest BCUT2D eigenvalue weighted by Crippen LogP contribution is -2.23. The van der Waals surface area contributed by atoms with Crippen molar-refractivity contribution in [3.63, 3.8) is 0 Å². The zero-order valence-corrected chi connectivity index (χ0v) is 10.8. The van der Waals surface area contributed by atoms with Crippen LogP contribution in [0.1, 0.15) is 11.3 Å². The number of rotatable bonds is 5. The second kappa shape index (κ2) is 5.34. The van der Waals surface area contributed by atoms with E-state index in [1.165, 1.54) is 22.2 Å². The van der Waals surface area contributed by atoms with Crippen LogP contribution in [0.25, 0.3) is 10.9 Å². The van der Waals surface area contributed by atoms with Gasteiger partial charge < -0.3 is 9.72 Å². The standard InChI is InChI=1S/C14H20N2O/c1-11-12(8-9-16(2)10-17-3)13-6-4-5-7-14(13)15-11/h4-7,15H,8-10H2,1-3H3. The Hall–Kier alpha value is -1.32. The van der Waals surface area contributed by atoms with Gasteiger partial charge in [0.15, 0.2) is 0 Å². The fraction of sp³-hybridized carbons (Fsp3) is 0.429. The van der Waals surface area contributed by atoms with Gasteiger partial charge in [-0.1, -0.05) is 18.2 Å². The van der Waals surface area contributed by atoms with Crippen molar-refractivity contribution in [3.8, 4) is 0 Å². The van der Waals surface area contributed by atoms with Crippen LogP contribution >= 0.6 is 0 Å². The van der Waals surface area contributed by atoms with E-state index in [0.717, 1.165) is 13.0 Å². The Kier molecular flexibility index (Phi) is 3.82. The molecule has 0 saturated heterocycles. The number of aromatic nitrogens is 1. The molecule has 17 heavy (non-hydrogen) atoms. The van der Waals surface area contributed by atoms with Gasteiger partial charge in [0.1, 0.15) is 0 Å². The van der Waals surface area contributed by atoms with E-state index in [1.807, 2.05) is 0 Å². The first-order chi connectivity index (χ1) is 8.22. The number of benzene rings is 1. The summed E-state index contributed by atoms with van der Waals surface area (Å²) in [7, 11) is 3.81. The highest BCUT2D eigenvalue weighted by atomic mass is 16.5. The Labute approximate surface area is 102 Å². The van der Waals surface area contributed by atoms with Gasteiger partial charge in [-0.15, -0.1) is 0 Å². The molecule has 0 radical (unpaired) electrons. The van der Waals surface area contributed by atoms with E-state index in [9.17, 15) is 0 Å². The molecule has 0 fully saturated rings. The highest BCUT2D eigenvalue weighted by Gasteiger charge is 2.08. The minimum absolute atomic E-state index is 0.682. The molecule has 0 saturated carbocycles. The quantitative estimate of drug-likeness (QED) is 0.802. The molecular formula is C14H20N2O. The Morgan fingerprint density at radius 2 is 2.06 bits per heavy atom. The predicted molar refractivity (Wildman–Crippen MR) is 71.2 cm³/mol. The first-order valence-corrected chi connectivity index (χ1v) is 5.96. The second-order valence-electron chi connectivity index (χ2n) is 4.52. The van der Waals surface area contributed by atoms with Gasteiger partial charge in [0, 0.05) is 30.3 Å². The lowest BCUT2D eigenvalue weighted by Gasteiger charge is -2.15. The number of aromatic amines is 1. The number of nitrogens with one attached hydrogen (secondary N) is 1. The number of methoxy groups -OCH3 is 1. The van der Waals surface area contributed by atoms with Crippen LogP contribution in [0.2, 0.25) is 0 Å². The van der Waals surface area contributed by atoms with Gasteiger partial charge in [0.2, 0.25) is 0 Å². The van der Waals surface area contributed by atoms with Crippen molar-refractivity contribution in [1.82, 2.24) is 9.88 Å². The fourth-order valence-corrected chi connectivity index (χ4v) is 2.24. The third kappa shape index (κ3) is 2.68. The van der Waals surface area contributed by atoms with Crippen LogP contribution in [-0.2, 0) is 11.2 Å². The molecule has 92 valence electrons. The van der Waals surface area contributed by atoms with E-state index in [4.69, 9.17) is 4.74 Å². The number of ether oxygens (including phenoxy) is 1. The van der Waals surface area contributed by atoms with E-state index in [0.29, 0.717) is 6.73 Å². The number of hydrogen-bond acceptors (Lipinski definition) is 2. The summed E-state index contributed by atoms with van der Waals surface area (Å²) in [6, 6.07) is 8.48. The van der Waals surface area contributed by atoms with Crippen LogP contribution < -0.4 is 0 Å². The van der Waals surface area contributed by atoms with Crippen molar-refractivity contribution >= 4 is 10.9 Å². The smallest absolute Gasteiger partial charge is 0.0984 e. The number of H-pyrrole nitrogens is 1. The van der Waals surface area contributed by atoms with Crippen molar-refractivity contribution in [2.24, 2.45) is 0 Å². The average molecular weight is 232 g/mol. The zero-order chi connectivity index (χ0) is 12.3. The monoisotopic (exact) mass is 232 g/mol. The van der Waals surface area contributed by atoms with Gasteiger partial charge in [0.05, 0.1) is 6.73 Å². The van der Waals surface area contributed by atoms with Crippen molar-refractivity contribution in [2.75, 3.05) is 27.4 Å². The molecule has 0 aliphatic rings. The normalized spacial score (nSPS) is 11.5. The van der Waals surface area contributed by atoms with Crippen molar-refractivity contribution in [3.05, 3.63) is 35.5 Å². The highest BCUT2D eigenvalue weighted by Crippen LogP contribution is 2.22. The molecule has 1 heterocycles. The molecule has 0 aliphatic heterocycles. The molecule has 2 aromatic rings. The maximum atomic E-state index is 5.11. The Balaban J connectivity index is 2.15. The number of hydrogen-bond donors (Lipinski definition) is 1. The summed E-state index contributed by atoms with van der Waals surface area (Å²) in [4.78, 5) is 5.61. The van der Waals surface area contributed by atoms with Gasteiger partial charge in [-0.3, -0.25) is 4.90 Å². The first kappa shape index (κ1) is 12.1. The lowest BCUT2D eigenvalue weighted by atomic mass is 10.1. The Morgan fingerprint density at radius 1 is 1.29 bits per heavy atom. The van der Waals surface area contributed by atoms with Crippen LogP contribution in [0, 0.1) is 6.92 Å². The number of aryl methyl sites for hydroxylation is 1. The van der Waals surface area contributed by atoms with E-state index >= 15 is 0 Å². The van der Waals surface area contributed by atoms with E-state index in [2.05, 4.69) is 48.1 Å². The summed E-state index contributed by atoms with van der Waals surface area (Å²) in [5.74, 6) is 0. The van der Waals surface area contributed by atoms with Crippen molar-refractivity contribution in [1.29, 1.82) is 0 Å². The summed E-state index contributed by atoms with van der Waals surface area (Å²) in [5, 5.41) is 1.34. The van der Waals surface area contributed by atoms with Crippen LogP contribution in [-0.4, -0.2) is 37.3 Å². The van der Waals surface area contributed by atoms with Crippen LogP contribution in [0.4, 0.5) is 0 Å². The molecular weight excluding hydrogens is 212 g/mol. The van der Waals surface area contributed by atoms with E-state index in [1.54, 1.807) is 7.11 Å². The van der Waals surface area contributed by atoms with Crippen LogP contribution in [0.3, 0.4) is 0 Å². The minimum atomic E-state index is 0.682. The van der Waals surface area contributed by atoms with Gasteiger partial charge >= 0.3 is 0 Å². The van der Waals surface area contributed by atoms with Gasteiger partial charge in [-0.25, -0.2) is 0 Å². The fourth-order valence-electron chi connectivity index (χ4n) is 2.24. The Morgan fingerprint density at radius 3 is 2.82 bits per heavy atom. The Bertz CT molecular complexity index is 490. The minimum Gasteiger partial charge on any atom is -0.369 e. The van der Waals surface area contributed by atoms with Gasteiger partial charge in [-0.05, 0) is 32.0 Å². The van der Waals surface area contributed by atoms with E-state index < -0.39 is 0 Å². The third-order valence-corrected chi connectivity index (χ3v) is 3.12. The molecule has 3 nitrogen and oxygen atoms in total. The van der Waals surface area contributed by atoms with Crippen LogP contribution in [0.5, 0.6) is 0 Å². The zero-order valence-electron chi connectivity index (χ0n) is 10.8. The topological polar surface area (TPSA) is 28.3 Å². The average Bonchev–Trinajstić information content (AvgIpc) is 2.62. The molecule has 0 amide bonds. The molecule has 0 spiro atoms. The summed E-state index contributed by atoms with van der Waals surface area (Å²) < 4.78 is 5.11.